The van der Waals surface area contributed by atoms with Crippen LogP contribution < -0.4 is 21.7 Å². The highest BCUT2D eigenvalue weighted by atomic mass is 35.5. The van der Waals surface area contributed by atoms with E-state index in [0.717, 1.165) is 79.4 Å². The lowest BCUT2D eigenvalue weighted by Gasteiger charge is -2.30. The van der Waals surface area contributed by atoms with Crippen LogP contribution in [0.3, 0.4) is 0 Å². The van der Waals surface area contributed by atoms with Crippen molar-refractivity contribution >= 4 is 35.8 Å². The number of benzene rings is 3. The Hall–Kier alpha value is -4.65. The van der Waals surface area contributed by atoms with Gasteiger partial charge in [-0.3, -0.25) is 14.4 Å². The van der Waals surface area contributed by atoms with E-state index < -0.39 is 6.04 Å². The number of rotatable bonds is 11. The molecule has 6 N–H and O–H groups in total. The van der Waals surface area contributed by atoms with Gasteiger partial charge in [0.15, 0.2) is 0 Å². The molecule has 2 heterocycles. The van der Waals surface area contributed by atoms with E-state index in [0.29, 0.717) is 36.0 Å². The number of H-pyrrole nitrogens is 1. The van der Waals surface area contributed by atoms with Crippen LogP contribution in [-0.4, -0.2) is 82.0 Å². The lowest BCUT2D eigenvalue weighted by molar-refractivity contribution is -0.130. The molecule has 12 nitrogen and oxygen atoms in total. The fourth-order valence-corrected chi connectivity index (χ4v) is 7.11. The zero-order valence-corrected chi connectivity index (χ0v) is 30.0. The number of piperidine rings is 1. The predicted molar refractivity (Wildman–Crippen MR) is 200 cm³/mol. The minimum absolute atomic E-state index is 0. The average molecular weight is 714 g/mol. The smallest absolute Gasteiger partial charge is 0.251 e. The van der Waals surface area contributed by atoms with Gasteiger partial charge in [0.05, 0.1) is 0 Å². The molecule has 1 saturated heterocycles. The van der Waals surface area contributed by atoms with Crippen molar-refractivity contribution in [3.63, 3.8) is 0 Å². The van der Waals surface area contributed by atoms with Gasteiger partial charge in [0.1, 0.15) is 6.04 Å². The van der Waals surface area contributed by atoms with E-state index in [-0.39, 0.29) is 42.1 Å². The summed E-state index contributed by atoms with van der Waals surface area (Å²) in [6.45, 7) is 4.59. The van der Waals surface area contributed by atoms with Gasteiger partial charge in [0.25, 0.3) is 5.91 Å². The molecule has 0 unspecified atom stereocenters. The van der Waals surface area contributed by atoms with Gasteiger partial charge in [0, 0.05) is 41.7 Å². The Bertz CT molecular complexity index is 1760. The number of halogens is 1. The maximum absolute atomic E-state index is 13.7. The fourth-order valence-electron chi connectivity index (χ4n) is 7.11. The van der Waals surface area contributed by atoms with Gasteiger partial charge in [-0.1, -0.05) is 30.3 Å². The van der Waals surface area contributed by atoms with Crippen molar-refractivity contribution in [1.82, 2.24) is 36.2 Å². The van der Waals surface area contributed by atoms with Gasteiger partial charge in [-0.05, 0) is 135 Å². The Balaban J connectivity index is 0.00000504. The number of likely N-dealkylation sites (N-methyl/N-ethyl adjacent to an activating group) is 1. The summed E-state index contributed by atoms with van der Waals surface area (Å²) in [6, 6.07) is 20.4. The number of carbonyl (C=O) groups excluding carboxylic acids is 3. The molecule has 3 aromatic carbocycles. The highest BCUT2D eigenvalue weighted by Gasteiger charge is 2.29. The van der Waals surface area contributed by atoms with Crippen LogP contribution in [0, 0.1) is 18.8 Å². The maximum Gasteiger partial charge on any atom is 0.251 e. The first-order valence-electron chi connectivity index (χ1n) is 17.6. The molecule has 2 aliphatic rings. The van der Waals surface area contributed by atoms with Crippen molar-refractivity contribution in [1.29, 1.82) is 0 Å². The Kier molecular flexibility index (Phi) is 12.9. The number of tetrazole rings is 1. The second kappa shape index (κ2) is 17.5. The summed E-state index contributed by atoms with van der Waals surface area (Å²) in [5.41, 5.74) is 11.8. The zero-order valence-electron chi connectivity index (χ0n) is 29.2. The van der Waals surface area contributed by atoms with Crippen LogP contribution in [-0.2, 0) is 16.0 Å². The fraction of sp³-hybridized carbons (Fsp3) is 0.421. The number of anilines is 1. The number of nitrogens with zero attached hydrogens (tertiary/aromatic N) is 4. The molecule has 1 aromatic heterocycles. The predicted octanol–water partition coefficient (Wildman–Crippen LogP) is 4.52. The number of likely N-dealkylation sites (tertiary alicyclic amines) is 1. The molecule has 1 aliphatic heterocycles. The van der Waals surface area contributed by atoms with Gasteiger partial charge >= 0.3 is 0 Å². The SMILES string of the molecule is Cc1cc(C(=O)N[C@H]2CCCN(C)C2)ccc1-c1ccc(C[C@H](NC(=O)C2CCC(CN)CC2)C(=O)Nc2ccc(-c3nn[nH]n3)cc2)cc1.Cl. The van der Waals surface area contributed by atoms with Crippen LogP contribution in [0.4, 0.5) is 5.69 Å². The molecule has 0 bridgehead atoms. The first-order chi connectivity index (χ1) is 24.2. The minimum Gasteiger partial charge on any atom is -0.348 e. The minimum atomic E-state index is -0.777. The summed E-state index contributed by atoms with van der Waals surface area (Å²) >= 11 is 0. The summed E-state index contributed by atoms with van der Waals surface area (Å²) < 4.78 is 0. The molecule has 3 amide bonds. The van der Waals surface area contributed by atoms with Gasteiger partial charge in [0.2, 0.25) is 17.6 Å². The second-order valence-electron chi connectivity index (χ2n) is 13.8. The van der Waals surface area contributed by atoms with Gasteiger partial charge in [-0.25, -0.2) is 0 Å². The quantitative estimate of drug-likeness (QED) is 0.151. The first-order valence-corrected chi connectivity index (χ1v) is 17.6. The van der Waals surface area contributed by atoms with Crippen LogP contribution in [0.5, 0.6) is 0 Å². The largest absolute Gasteiger partial charge is 0.348 e. The number of nitrogens with two attached hydrogens (primary N) is 1. The first kappa shape index (κ1) is 37.6. The normalized spacial score (nSPS) is 19.7. The number of nitrogens with one attached hydrogen (secondary N) is 4. The van der Waals surface area contributed by atoms with Gasteiger partial charge < -0.3 is 26.6 Å². The number of aryl methyl sites for hydroxylation is 1. The lowest BCUT2D eigenvalue weighted by atomic mass is 9.81. The van der Waals surface area contributed by atoms with Crippen molar-refractivity contribution < 1.29 is 14.4 Å². The molecule has 6 rings (SSSR count). The number of hydrogen-bond donors (Lipinski definition) is 5. The van der Waals surface area contributed by atoms with Crippen molar-refractivity contribution in [3.05, 3.63) is 83.4 Å². The van der Waals surface area contributed by atoms with Crippen LogP contribution in [0.25, 0.3) is 22.5 Å². The number of aromatic amines is 1. The van der Waals surface area contributed by atoms with Crippen molar-refractivity contribution in [2.45, 2.75) is 64.0 Å². The summed E-state index contributed by atoms with van der Waals surface area (Å²) in [6.07, 6.45) is 5.78. The van der Waals surface area contributed by atoms with Crippen molar-refractivity contribution in [2.75, 3.05) is 32.0 Å². The Labute approximate surface area is 305 Å². The molecule has 51 heavy (non-hydrogen) atoms. The second-order valence-corrected chi connectivity index (χ2v) is 13.8. The molecule has 1 saturated carbocycles. The number of amides is 3. The average Bonchev–Trinajstić information content (AvgIpc) is 3.67. The molecular weight excluding hydrogens is 666 g/mol. The standard InChI is InChI=1S/C38H47N9O3.ClH/c1-24-20-30(37(49)41-32-4-3-19-47(2)23-32)15-18-33(24)27-9-5-25(6-10-27)21-34(42-36(48)29-11-7-26(22-39)8-12-29)38(50)40-31-16-13-28(14-17-31)35-43-45-46-44-35;/h5-6,9-10,13-18,20,26,29,32,34H,3-4,7-8,11-12,19,21-23,39H2,1-2H3,(H,40,50)(H,41,49)(H,42,48)(H,43,44,45,46);1H/t26?,29?,32-,34-;/m0./s1. The van der Waals surface area contributed by atoms with E-state index in [1.807, 2.05) is 49.4 Å². The van der Waals surface area contributed by atoms with Crippen molar-refractivity contribution in [3.8, 4) is 22.5 Å². The zero-order chi connectivity index (χ0) is 35.0. The molecule has 0 radical (unpaired) electrons. The van der Waals surface area contributed by atoms with E-state index in [2.05, 4.69) is 48.5 Å². The Morgan fingerprint density at radius 3 is 2.33 bits per heavy atom. The van der Waals surface area contributed by atoms with E-state index in [1.54, 1.807) is 24.3 Å². The molecule has 13 heteroatoms. The Morgan fingerprint density at radius 1 is 0.961 bits per heavy atom. The van der Waals surface area contributed by atoms with Crippen LogP contribution in [0.1, 0.15) is 60.0 Å². The van der Waals surface area contributed by atoms with E-state index in [1.165, 1.54) is 0 Å². The summed E-state index contributed by atoms with van der Waals surface area (Å²) in [5.74, 6) is 0.335. The summed E-state index contributed by atoms with van der Waals surface area (Å²) in [4.78, 5) is 42.4. The van der Waals surface area contributed by atoms with E-state index in [9.17, 15) is 14.4 Å². The Morgan fingerprint density at radius 2 is 1.69 bits per heavy atom. The molecule has 270 valence electrons. The monoisotopic (exact) mass is 713 g/mol. The molecule has 4 aromatic rings. The molecule has 0 spiro atoms. The topological polar surface area (TPSA) is 171 Å². The number of carbonyl (C=O) groups is 3. The van der Waals surface area contributed by atoms with Gasteiger partial charge in [-0.15, -0.1) is 22.6 Å². The third-order valence-electron chi connectivity index (χ3n) is 10.1. The number of aromatic nitrogens is 4. The maximum atomic E-state index is 13.7. The van der Waals surface area contributed by atoms with E-state index in [4.69, 9.17) is 5.73 Å². The lowest BCUT2D eigenvalue weighted by Crippen LogP contribution is -2.48. The third kappa shape index (κ3) is 9.78. The summed E-state index contributed by atoms with van der Waals surface area (Å²) in [5, 5.41) is 23.3. The molecule has 2 fully saturated rings. The van der Waals surface area contributed by atoms with Gasteiger partial charge in [-0.2, -0.15) is 5.21 Å². The van der Waals surface area contributed by atoms with Crippen molar-refractivity contribution in [2.24, 2.45) is 17.6 Å². The molecular formula is C38H48ClN9O3. The highest BCUT2D eigenvalue weighted by Crippen LogP contribution is 2.29. The summed E-state index contributed by atoms with van der Waals surface area (Å²) in [7, 11) is 2.09. The van der Waals surface area contributed by atoms with Crippen LogP contribution in [0.15, 0.2) is 66.7 Å². The highest BCUT2D eigenvalue weighted by molar-refractivity contribution is 5.98. The molecule has 1 aliphatic carbocycles. The number of hydrogen-bond acceptors (Lipinski definition) is 8. The van der Waals surface area contributed by atoms with E-state index >= 15 is 0 Å². The van der Waals surface area contributed by atoms with Crippen LogP contribution in [0.2, 0.25) is 0 Å². The van der Waals surface area contributed by atoms with Crippen LogP contribution >= 0.6 is 12.4 Å². The third-order valence-corrected chi connectivity index (χ3v) is 10.1. The molecule has 2 atom stereocenters.